The van der Waals surface area contributed by atoms with Gasteiger partial charge in [-0.2, -0.15) is 0 Å². The quantitative estimate of drug-likeness (QED) is 0.851. The third-order valence-electron chi connectivity index (χ3n) is 2.84. The maximum atomic E-state index is 13.2. The minimum Gasteiger partial charge on any atom is -0.399 e. The number of anilines is 1. The summed E-state index contributed by atoms with van der Waals surface area (Å²) >= 11 is 0. The fourth-order valence-electron chi connectivity index (χ4n) is 1.85. The fourth-order valence-corrected chi connectivity index (χ4v) is 3.15. The highest BCUT2D eigenvalue weighted by Crippen LogP contribution is 2.19. The van der Waals surface area contributed by atoms with Crippen LogP contribution in [0.5, 0.6) is 0 Å². The molecule has 106 valence electrons. The highest BCUT2D eigenvalue weighted by Gasteiger charge is 2.19. The summed E-state index contributed by atoms with van der Waals surface area (Å²) in [7, 11) is -3.82. The summed E-state index contributed by atoms with van der Waals surface area (Å²) < 4.78 is 40.1. The Morgan fingerprint density at radius 1 is 1.15 bits per heavy atom. The van der Waals surface area contributed by atoms with Gasteiger partial charge in [-0.3, -0.25) is 0 Å². The lowest BCUT2D eigenvalue weighted by Crippen LogP contribution is -2.27. The lowest BCUT2D eigenvalue weighted by Gasteiger charge is -2.15. The van der Waals surface area contributed by atoms with E-state index in [9.17, 15) is 12.8 Å². The number of hydrogen-bond donors (Lipinski definition) is 2. The number of nitrogens with two attached hydrogens (primary N) is 1. The predicted octanol–water partition coefficient (Wildman–Crippen LogP) is 2.45. The molecule has 0 bridgehead atoms. The van der Waals surface area contributed by atoms with Gasteiger partial charge in [-0.15, -0.1) is 0 Å². The zero-order valence-corrected chi connectivity index (χ0v) is 11.7. The first-order chi connectivity index (χ1) is 9.38. The SMILES string of the molecule is C[C@@H](NS(=O)(=O)c1cc(N)cc(F)c1)c1ccccc1. The van der Waals surface area contributed by atoms with E-state index in [1.807, 2.05) is 30.3 Å². The van der Waals surface area contributed by atoms with E-state index in [1.54, 1.807) is 6.92 Å². The summed E-state index contributed by atoms with van der Waals surface area (Å²) in [6, 6.07) is 11.9. The Bertz CT molecular complexity index is 682. The molecule has 6 heteroatoms. The first-order valence-electron chi connectivity index (χ1n) is 6.02. The van der Waals surface area contributed by atoms with Gasteiger partial charge < -0.3 is 5.73 Å². The van der Waals surface area contributed by atoms with Crippen LogP contribution in [0.4, 0.5) is 10.1 Å². The summed E-state index contributed by atoms with van der Waals surface area (Å²) in [5, 5.41) is 0. The molecule has 0 aliphatic carbocycles. The average Bonchev–Trinajstić information content (AvgIpc) is 2.38. The van der Waals surface area contributed by atoms with Crippen LogP contribution < -0.4 is 10.5 Å². The first kappa shape index (κ1) is 14.5. The zero-order chi connectivity index (χ0) is 14.8. The predicted molar refractivity (Wildman–Crippen MR) is 76.0 cm³/mol. The lowest BCUT2D eigenvalue weighted by molar-refractivity contribution is 0.564. The molecule has 0 heterocycles. The van der Waals surface area contributed by atoms with Crippen molar-refractivity contribution in [2.75, 3.05) is 5.73 Å². The Hall–Kier alpha value is -1.92. The Balaban J connectivity index is 2.27. The van der Waals surface area contributed by atoms with E-state index in [0.29, 0.717) is 0 Å². The zero-order valence-electron chi connectivity index (χ0n) is 10.9. The molecule has 20 heavy (non-hydrogen) atoms. The largest absolute Gasteiger partial charge is 0.399 e. The normalized spacial score (nSPS) is 13.1. The molecule has 0 saturated carbocycles. The van der Waals surface area contributed by atoms with E-state index in [0.717, 1.165) is 17.7 Å². The monoisotopic (exact) mass is 294 g/mol. The van der Waals surface area contributed by atoms with E-state index in [4.69, 9.17) is 5.73 Å². The van der Waals surface area contributed by atoms with Crippen molar-refractivity contribution < 1.29 is 12.8 Å². The topological polar surface area (TPSA) is 72.2 Å². The van der Waals surface area contributed by atoms with Crippen molar-refractivity contribution in [1.29, 1.82) is 0 Å². The van der Waals surface area contributed by atoms with Crippen LogP contribution in [0.15, 0.2) is 53.4 Å². The van der Waals surface area contributed by atoms with Gasteiger partial charge in [0.25, 0.3) is 0 Å². The lowest BCUT2D eigenvalue weighted by atomic mass is 10.1. The third-order valence-corrected chi connectivity index (χ3v) is 4.36. The molecule has 3 N–H and O–H groups in total. The molecule has 4 nitrogen and oxygen atoms in total. The van der Waals surface area contributed by atoms with E-state index >= 15 is 0 Å². The van der Waals surface area contributed by atoms with Gasteiger partial charge in [-0.05, 0) is 30.7 Å². The molecule has 0 fully saturated rings. The highest BCUT2D eigenvalue weighted by atomic mass is 32.2. The number of benzene rings is 2. The van der Waals surface area contributed by atoms with Gasteiger partial charge >= 0.3 is 0 Å². The molecule has 0 aliphatic rings. The first-order valence-corrected chi connectivity index (χ1v) is 7.50. The van der Waals surface area contributed by atoms with Gasteiger partial charge in [0, 0.05) is 11.7 Å². The molecule has 0 aromatic heterocycles. The second-order valence-corrected chi connectivity index (χ2v) is 6.19. The van der Waals surface area contributed by atoms with Crippen LogP contribution in [0.2, 0.25) is 0 Å². The molecule has 0 unspecified atom stereocenters. The van der Waals surface area contributed by atoms with Crippen LogP contribution >= 0.6 is 0 Å². The smallest absolute Gasteiger partial charge is 0.241 e. The van der Waals surface area contributed by atoms with Crippen LogP contribution in [0.3, 0.4) is 0 Å². The molecule has 0 amide bonds. The van der Waals surface area contributed by atoms with Crippen molar-refractivity contribution in [1.82, 2.24) is 4.72 Å². The Morgan fingerprint density at radius 2 is 1.80 bits per heavy atom. The Kier molecular flexibility index (Phi) is 4.06. The number of rotatable bonds is 4. The Labute approximate surface area is 117 Å². The van der Waals surface area contributed by atoms with Gasteiger partial charge in [-0.25, -0.2) is 17.5 Å². The standard InChI is InChI=1S/C14H15FN2O2S/c1-10(11-5-3-2-4-6-11)17-20(18,19)14-8-12(15)7-13(16)9-14/h2-10,17H,16H2,1H3/t10-/m1/s1. The number of nitrogen functional groups attached to an aromatic ring is 1. The average molecular weight is 294 g/mol. The minimum atomic E-state index is -3.82. The maximum absolute atomic E-state index is 13.2. The van der Waals surface area contributed by atoms with E-state index in [-0.39, 0.29) is 10.6 Å². The molecule has 2 aromatic rings. The number of sulfonamides is 1. The van der Waals surface area contributed by atoms with Crippen LogP contribution in [0.1, 0.15) is 18.5 Å². The van der Waals surface area contributed by atoms with Gasteiger partial charge in [-0.1, -0.05) is 30.3 Å². The summed E-state index contributed by atoms with van der Waals surface area (Å²) in [4.78, 5) is -0.183. The van der Waals surface area contributed by atoms with Crippen molar-refractivity contribution in [3.63, 3.8) is 0 Å². The molecule has 1 atom stereocenters. The van der Waals surface area contributed by atoms with Gasteiger partial charge in [0.05, 0.1) is 4.90 Å². The molecular formula is C14H15FN2O2S. The number of hydrogen-bond acceptors (Lipinski definition) is 3. The minimum absolute atomic E-state index is 0.0674. The van der Waals surface area contributed by atoms with E-state index in [2.05, 4.69) is 4.72 Å². The van der Waals surface area contributed by atoms with Gasteiger partial charge in [0.1, 0.15) is 5.82 Å². The number of nitrogens with one attached hydrogen (secondary N) is 1. The van der Waals surface area contributed by atoms with Crippen LogP contribution in [-0.2, 0) is 10.0 Å². The Morgan fingerprint density at radius 3 is 2.40 bits per heavy atom. The van der Waals surface area contributed by atoms with E-state index < -0.39 is 21.9 Å². The van der Waals surface area contributed by atoms with Crippen molar-refractivity contribution in [2.45, 2.75) is 17.9 Å². The molecule has 0 radical (unpaired) electrons. The van der Waals surface area contributed by atoms with Crippen molar-refractivity contribution in [3.8, 4) is 0 Å². The third kappa shape index (κ3) is 3.34. The van der Waals surface area contributed by atoms with Crippen LogP contribution in [-0.4, -0.2) is 8.42 Å². The van der Waals surface area contributed by atoms with Gasteiger partial charge in [0.15, 0.2) is 0 Å². The molecule has 0 aliphatic heterocycles. The summed E-state index contributed by atoms with van der Waals surface area (Å²) in [6.45, 7) is 1.72. The van der Waals surface area contributed by atoms with E-state index in [1.165, 1.54) is 6.07 Å². The highest BCUT2D eigenvalue weighted by molar-refractivity contribution is 7.89. The summed E-state index contributed by atoms with van der Waals surface area (Å²) in [6.07, 6.45) is 0. The summed E-state index contributed by atoms with van der Waals surface area (Å²) in [5.41, 5.74) is 6.35. The van der Waals surface area contributed by atoms with Crippen molar-refractivity contribution >= 4 is 15.7 Å². The molecule has 2 rings (SSSR count). The number of halogens is 1. The van der Waals surface area contributed by atoms with Gasteiger partial charge in [0.2, 0.25) is 10.0 Å². The molecule has 0 saturated heterocycles. The van der Waals surface area contributed by atoms with Crippen LogP contribution in [0.25, 0.3) is 0 Å². The molecule has 2 aromatic carbocycles. The second-order valence-electron chi connectivity index (χ2n) is 4.47. The fraction of sp³-hybridized carbons (Fsp3) is 0.143. The van der Waals surface area contributed by atoms with Crippen LogP contribution in [0, 0.1) is 5.82 Å². The second kappa shape index (κ2) is 5.60. The molecular weight excluding hydrogens is 279 g/mol. The summed E-state index contributed by atoms with van der Waals surface area (Å²) in [5.74, 6) is -0.683. The van der Waals surface area contributed by atoms with Crippen molar-refractivity contribution in [3.05, 3.63) is 59.9 Å². The maximum Gasteiger partial charge on any atom is 0.241 e. The van der Waals surface area contributed by atoms with Crippen molar-refractivity contribution in [2.24, 2.45) is 0 Å². The molecule has 0 spiro atoms.